The molecule has 29 heavy (non-hydrogen) atoms. The number of thioether (sulfide) groups is 1. The number of carbonyl (C=O) groups is 3. The summed E-state index contributed by atoms with van der Waals surface area (Å²) in [5, 5.41) is 5.49. The first kappa shape index (κ1) is 21.4. The minimum absolute atomic E-state index is 0.0213. The largest absolute Gasteiger partial charge is 0.450 e. The molecule has 9 heteroatoms. The highest BCUT2D eigenvalue weighted by Gasteiger charge is 2.34. The third kappa shape index (κ3) is 5.85. The molecule has 2 saturated heterocycles. The minimum atomic E-state index is -0.569. The first-order valence-corrected chi connectivity index (χ1v) is 10.9. The summed E-state index contributed by atoms with van der Waals surface area (Å²) in [6.45, 7) is 3.19. The molecule has 7 nitrogen and oxygen atoms in total. The number of hydrogen-bond acceptors (Lipinski definition) is 5. The lowest BCUT2D eigenvalue weighted by molar-refractivity contribution is -0.129. The van der Waals surface area contributed by atoms with Crippen molar-refractivity contribution < 1.29 is 23.5 Å². The van der Waals surface area contributed by atoms with Crippen molar-refractivity contribution in [2.24, 2.45) is 0 Å². The second kappa shape index (κ2) is 9.96. The van der Waals surface area contributed by atoms with Crippen molar-refractivity contribution >= 4 is 29.7 Å². The maximum atomic E-state index is 13.0. The fraction of sp³-hybridized carbons (Fsp3) is 0.550. The van der Waals surface area contributed by atoms with E-state index in [1.165, 1.54) is 23.9 Å². The molecule has 2 atom stereocenters. The highest BCUT2D eigenvalue weighted by atomic mass is 32.2. The van der Waals surface area contributed by atoms with E-state index in [4.69, 9.17) is 4.74 Å². The summed E-state index contributed by atoms with van der Waals surface area (Å²) < 4.78 is 18.0. The van der Waals surface area contributed by atoms with Crippen LogP contribution < -0.4 is 10.6 Å². The number of piperidine rings is 1. The van der Waals surface area contributed by atoms with E-state index in [1.807, 2.05) is 0 Å². The molecule has 2 fully saturated rings. The molecule has 3 rings (SSSR count). The minimum Gasteiger partial charge on any atom is -0.450 e. The van der Waals surface area contributed by atoms with Gasteiger partial charge in [-0.05, 0) is 43.9 Å². The van der Waals surface area contributed by atoms with Crippen molar-refractivity contribution in [3.8, 4) is 0 Å². The summed E-state index contributed by atoms with van der Waals surface area (Å²) in [5.41, 5.74) is 0.885. The Morgan fingerprint density at radius 3 is 2.59 bits per heavy atom. The molecule has 158 valence electrons. The van der Waals surface area contributed by atoms with Crippen molar-refractivity contribution in [1.29, 1.82) is 0 Å². The average Bonchev–Trinajstić information content (AvgIpc) is 2.71. The molecule has 0 unspecified atom stereocenters. The third-order valence-electron chi connectivity index (χ3n) is 5.09. The highest BCUT2D eigenvalue weighted by Crippen LogP contribution is 2.22. The fourth-order valence-corrected chi connectivity index (χ4v) is 4.63. The van der Waals surface area contributed by atoms with Crippen LogP contribution in [0.2, 0.25) is 0 Å². The van der Waals surface area contributed by atoms with E-state index in [2.05, 4.69) is 10.6 Å². The molecule has 2 heterocycles. The van der Waals surface area contributed by atoms with Crippen molar-refractivity contribution in [3.63, 3.8) is 0 Å². The number of nitrogens with zero attached hydrogens (tertiary/aromatic N) is 1. The number of ether oxygens (including phenoxy) is 1. The molecule has 3 amide bonds. The lowest BCUT2D eigenvalue weighted by atomic mass is 10.0. The van der Waals surface area contributed by atoms with Gasteiger partial charge in [0.05, 0.1) is 11.9 Å². The molecule has 0 saturated carbocycles. The SMILES string of the molecule is CCOC(=O)N1CCC(NC(=O)[C@@H]2CS[C@@H](Cc3ccc(F)cc3)C(=O)N2)CC1. The Bertz CT molecular complexity index is 738. The first-order chi connectivity index (χ1) is 14.0. The van der Waals surface area contributed by atoms with Gasteiger partial charge in [-0.2, -0.15) is 0 Å². The van der Waals surface area contributed by atoms with Gasteiger partial charge in [0.2, 0.25) is 11.8 Å². The van der Waals surface area contributed by atoms with E-state index in [0.29, 0.717) is 44.7 Å². The van der Waals surface area contributed by atoms with Gasteiger partial charge in [0, 0.05) is 24.9 Å². The van der Waals surface area contributed by atoms with Gasteiger partial charge < -0.3 is 20.3 Å². The summed E-state index contributed by atoms with van der Waals surface area (Å²) >= 11 is 1.44. The molecule has 2 aliphatic heterocycles. The second-order valence-electron chi connectivity index (χ2n) is 7.18. The van der Waals surface area contributed by atoms with Gasteiger partial charge in [0.1, 0.15) is 11.9 Å². The van der Waals surface area contributed by atoms with Crippen molar-refractivity contribution in [1.82, 2.24) is 15.5 Å². The topological polar surface area (TPSA) is 87.7 Å². The molecule has 0 aromatic heterocycles. The van der Waals surface area contributed by atoms with Gasteiger partial charge >= 0.3 is 6.09 Å². The summed E-state index contributed by atoms with van der Waals surface area (Å²) in [5.74, 6) is -0.187. The van der Waals surface area contributed by atoms with Crippen LogP contribution in [-0.4, -0.2) is 65.6 Å². The second-order valence-corrected chi connectivity index (χ2v) is 8.42. The normalized spacial score (nSPS) is 22.7. The van der Waals surface area contributed by atoms with E-state index in [9.17, 15) is 18.8 Å². The van der Waals surface area contributed by atoms with Crippen LogP contribution in [-0.2, 0) is 20.7 Å². The molecular weight excluding hydrogens is 397 g/mol. The number of carbonyl (C=O) groups excluding carboxylic acids is 3. The van der Waals surface area contributed by atoms with Gasteiger partial charge in [0.25, 0.3) is 0 Å². The summed E-state index contributed by atoms with van der Waals surface area (Å²) in [4.78, 5) is 38.3. The van der Waals surface area contributed by atoms with Crippen LogP contribution in [0.5, 0.6) is 0 Å². The molecular formula is C20H26FN3O4S. The Morgan fingerprint density at radius 2 is 1.97 bits per heavy atom. The zero-order chi connectivity index (χ0) is 20.8. The van der Waals surface area contributed by atoms with Gasteiger partial charge in [-0.15, -0.1) is 11.8 Å². The number of amides is 3. The fourth-order valence-electron chi connectivity index (χ4n) is 3.44. The van der Waals surface area contributed by atoms with E-state index >= 15 is 0 Å². The molecule has 2 N–H and O–H groups in total. The van der Waals surface area contributed by atoms with E-state index in [-0.39, 0.29) is 35.0 Å². The predicted molar refractivity (Wildman–Crippen MR) is 108 cm³/mol. The molecule has 1 aromatic rings. The average molecular weight is 424 g/mol. The lowest BCUT2D eigenvalue weighted by Gasteiger charge is -2.33. The van der Waals surface area contributed by atoms with Gasteiger partial charge in [0.15, 0.2) is 0 Å². The molecule has 0 radical (unpaired) electrons. The first-order valence-electron chi connectivity index (χ1n) is 9.84. The smallest absolute Gasteiger partial charge is 0.409 e. The predicted octanol–water partition coefficient (Wildman–Crippen LogP) is 1.71. The Labute approximate surface area is 173 Å². The zero-order valence-corrected chi connectivity index (χ0v) is 17.2. The van der Waals surface area contributed by atoms with Gasteiger partial charge in [-0.3, -0.25) is 9.59 Å². The molecule has 1 aromatic carbocycles. The number of rotatable bonds is 5. The van der Waals surface area contributed by atoms with Crippen LogP contribution in [0.25, 0.3) is 0 Å². The maximum absolute atomic E-state index is 13.0. The monoisotopic (exact) mass is 423 g/mol. The number of halogens is 1. The van der Waals surface area contributed by atoms with Crippen LogP contribution in [0.15, 0.2) is 24.3 Å². The highest BCUT2D eigenvalue weighted by molar-refractivity contribution is 8.00. The van der Waals surface area contributed by atoms with Gasteiger partial charge in [-0.25, -0.2) is 9.18 Å². The molecule has 0 spiro atoms. The van der Waals surface area contributed by atoms with Crippen LogP contribution in [0.1, 0.15) is 25.3 Å². The maximum Gasteiger partial charge on any atom is 0.409 e. The van der Waals surface area contributed by atoms with Crippen LogP contribution in [0, 0.1) is 5.82 Å². The van der Waals surface area contributed by atoms with E-state index in [0.717, 1.165) is 5.56 Å². The van der Waals surface area contributed by atoms with Crippen molar-refractivity contribution in [3.05, 3.63) is 35.6 Å². The summed E-state index contributed by atoms with van der Waals surface area (Å²) in [6.07, 6.45) is 1.49. The Balaban J connectivity index is 1.43. The van der Waals surface area contributed by atoms with Crippen LogP contribution in [0.4, 0.5) is 9.18 Å². The Kier molecular flexibility index (Phi) is 7.35. The quantitative estimate of drug-likeness (QED) is 0.753. The third-order valence-corrected chi connectivity index (χ3v) is 6.40. The summed E-state index contributed by atoms with van der Waals surface area (Å²) in [7, 11) is 0. The molecule has 0 aliphatic carbocycles. The van der Waals surface area contributed by atoms with E-state index < -0.39 is 6.04 Å². The van der Waals surface area contributed by atoms with Gasteiger partial charge in [-0.1, -0.05) is 12.1 Å². The summed E-state index contributed by atoms with van der Waals surface area (Å²) in [6, 6.07) is 5.51. The standard InChI is InChI=1S/C20H26FN3O4S/c1-2-28-20(27)24-9-7-15(8-10-24)22-18(25)16-12-29-17(19(26)23-16)11-13-3-5-14(21)6-4-13/h3-6,15-17H,2,7-12H2,1H3,(H,22,25)(H,23,26)/t16-,17-/m0/s1. The van der Waals surface area contributed by atoms with E-state index in [1.54, 1.807) is 24.0 Å². The Morgan fingerprint density at radius 1 is 1.28 bits per heavy atom. The van der Waals surface area contributed by atoms with Crippen molar-refractivity contribution in [2.45, 2.75) is 43.5 Å². The number of likely N-dealkylation sites (tertiary alicyclic amines) is 1. The molecule has 2 aliphatic rings. The number of benzene rings is 1. The zero-order valence-electron chi connectivity index (χ0n) is 16.4. The van der Waals surface area contributed by atoms with Crippen LogP contribution >= 0.6 is 11.8 Å². The molecule has 0 bridgehead atoms. The number of hydrogen-bond donors (Lipinski definition) is 2. The number of nitrogens with one attached hydrogen (secondary N) is 2. The lowest BCUT2D eigenvalue weighted by Crippen LogP contribution is -2.57. The van der Waals surface area contributed by atoms with Crippen LogP contribution in [0.3, 0.4) is 0 Å². The van der Waals surface area contributed by atoms with Crippen molar-refractivity contribution in [2.75, 3.05) is 25.4 Å². The Hall–Kier alpha value is -2.29.